The van der Waals surface area contributed by atoms with Crippen LogP contribution in [0.5, 0.6) is 5.88 Å². The summed E-state index contributed by atoms with van der Waals surface area (Å²) in [5.41, 5.74) is -0.256. The minimum absolute atomic E-state index is 0.0264. The molecule has 3 heterocycles. The molecule has 0 bridgehead atoms. The lowest BCUT2D eigenvalue weighted by Crippen LogP contribution is -2.29. The van der Waals surface area contributed by atoms with E-state index in [0.29, 0.717) is 19.3 Å². The van der Waals surface area contributed by atoms with Gasteiger partial charge in [0.2, 0.25) is 11.8 Å². The average molecular weight is 462 g/mol. The molecule has 176 valence electrons. The van der Waals surface area contributed by atoms with Crippen molar-refractivity contribution in [2.75, 3.05) is 5.32 Å². The lowest BCUT2D eigenvalue weighted by molar-refractivity contribution is -0.140. The molecule has 2 aliphatic carbocycles. The van der Waals surface area contributed by atoms with Crippen LogP contribution < -0.4 is 10.1 Å². The van der Waals surface area contributed by atoms with Crippen LogP contribution in [0.2, 0.25) is 0 Å². The molecule has 2 aliphatic rings. The van der Waals surface area contributed by atoms with E-state index in [9.17, 15) is 18.3 Å². The summed E-state index contributed by atoms with van der Waals surface area (Å²) in [5.74, 6) is 0.584. The fraction of sp³-hybridized carbons (Fsp3) is 0.545. The van der Waals surface area contributed by atoms with E-state index in [0.717, 1.165) is 43.4 Å². The van der Waals surface area contributed by atoms with Gasteiger partial charge in [-0.15, -0.1) is 10.2 Å². The largest absolute Gasteiger partial charge is 0.471 e. The summed E-state index contributed by atoms with van der Waals surface area (Å²) in [6.07, 6.45) is 1.69. The number of aliphatic hydroxyl groups excluding tert-OH is 1. The number of nitrogens with zero attached hydrogens (tertiary/aromatic N) is 5. The number of aliphatic hydroxyl groups is 1. The van der Waals surface area contributed by atoms with Crippen LogP contribution >= 0.6 is 0 Å². The molecule has 5 rings (SSSR count). The minimum atomic E-state index is -4.65. The van der Waals surface area contributed by atoms with Crippen LogP contribution in [0.1, 0.15) is 62.3 Å². The number of pyridine rings is 1. The van der Waals surface area contributed by atoms with E-state index in [-0.39, 0.29) is 17.9 Å². The summed E-state index contributed by atoms with van der Waals surface area (Å²) >= 11 is 0. The summed E-state index contributed by atoms with van der Waals surface area (Å²) in [6, 6.07) is 5.71. The number of halogens is 3. The molecular formula is C22H25F3N6O2. The van der Waals surface area contributed by atoms with E-state index in [1.165, 1.54) is 0 Å². The highest BCUT2D eigenvalue weighted by atomic mass is 19.4. The van der Waals surface area contributed by atoms with Crippen LogP contribution in [-0.2, 0) is 6.18 Å². The Morgan fingerprint density at radius 1 is 1.09 bits per heavy atom. The number of ether oxygens (including phenoxy) is 1. The second kappa shape index (κ2) is 8.77. The van der Waals surface area contributed by atoms with Gasteiger partial charge in [0.25, 0.3) is 0 Å². The molecule has 2 saturated carbocycles. The van der Waals surface area contributed by atoms with Crippen LogP contribution in [0.25, 0.3) is 5.65 Å². The number of nitrogens with one attached hydrogen (secondary N) is 1. The predicted octanol–water partition coefficient (Wildman–Crippen LogP) is 3.97. The lowest BCUT2D eigenvalue weighted by Gasteiger charge is -2.29. The number of anilines is 1. The molecule has 1 unspecified atom stereocenters. The van der Waals surface area contributed by atoms with Crippen LogP contribution in [0.15, 0.2) is 30.6 Å². The van der Waals surface area contributed by atoms with E-state index in [1.807, 2.05) is 28.8 Å². The molecule has 8 nitrogen and oxygen atoms in total. The molecular weight excluding hydrogens is 437 g/mol. The van der Waals surface area contributed by atoms with Gasteiger partial charge in [0.05, 0.1) is 6.10 Å². The Balaban J connectivity index is 1.34. The molecule has 11 heteroatoms. The summed E-state index contributed by atoms with van der Waals surface area (Å²) in [4.78, 5) is 7.97. The summed E-state index contributed by atoms with van der Waals surface area (Å²) in [6.45, 7) is 0. The predicted molar refractivity (Wildman–Crippen MR) is 113 cm³/mol. The molecule has 2 N–H and O–H groups in total. The third-order valence-electron chi connectivity index (χ3n) is 6.45. The molecule has 0 amide bonds. The second-order valence-corrected chi connectivity index (χ2v) is 8.76. The normalized spacial score (nSPS) is 25.9. The van der Waals surface area contributed by atoms with Gasteiger partial charge in [-0.25, -0.2) is 4.98 Å². The standard InChI is InChI=1S/C22H25F3N6O2/c23-22(24,25)15-12-26-21(28-20(15)33-17-8-4-7-16(17)32)27-14-6-3-5-13(11-14)19-30-29-18-9-1-2-10-31(18)19/h1-2,9-10,12-14,16-17,32H,3-8,11H2,(H,26,27,28)/t13-,14+,16-,17?/m0/s1. The van der Waals surface area contributed by atoms with Crippen molar-refractivity contribution in [1.82, 2.24) is 24.6 Å². The Morgan fingerprint density at radius 3 is 2.73 bits per heavy atom. The number of fused-ring (bicyclic) bond motifs is 1. The molecule has 33 heavy (non-hydrogen) atoms. The van der Waals surface area contributed by atoms with E-state index >= 15 is 0 Å². The molecule has 0 spiro atoms. The Kier molecular flexibility index (Phi) is 5.81. The molecule has 0 radical (unpaired) electrons. The van der Waals surface area contributed by atoms with Crippen molar-refractivity contribution in [3.63, 3.8) is 0 Å². The van der Waals surface area contributed by atoms with Gasteiger partial charge in [0.15, 0.2) is 5.65 Å². The van der Waals surface area contributed by atoms with Gasteiger partial charge in [-0.1, -0.05) is 12.5 Å². The maximum Gasteiger partial charge on any atom is 0.423 e. The molecule has 3 aromatic rings. The maximum atomic E-state index is 13.5. The van der Waals surface area contributed by atoms with E-state index in [2.05, 4.69) is 25.5 Å². The molecule has 0 saturated heterocycles. The van der Waals surface area contributed by atoms with Crippen molar-refractivity contribution in [3.8, 4) is 5.88 Å². The molecule has 3 aromatic heterocycles. The monoisotopic (exact) mass is 462 g/mol. The lowest BCUT2D eigenvalue weighted by atomic mass is 9.85. The van der Waals surface area contributed by atoms with Crippen molar-refractivity contribution in [3.05, 3.63) is 42.0 Å². The van der Waals surface area contributed by atoms with Gasteiger partial charge >= 0.3 is 6.18 Å². The Morgan fingerprint density at radius 2 is 1.94 bits per heavy atom. The van der Waals surface area contributed by atoms with Gasteiger partial charge in [0, 0.05) is 24.4 Å². The highest BCUT2D eigenvalue weighted by Crippen LogP contribution is 2.38. The molecule has 0 aliphatic heterocycles. The SMILES string of the molecule is O[C@H]1CCCC1Oc1nc(N[C@@H]2CCC[C@H](c3nnc4ccccn34)C2)ncc1C(F)(F)F. The first-order valence-corrected chi connectivity index (χ1v) is 11.2. The van der Waals surface area contributed by atoms with Crippen LogP contribution in [-0.4, -0.2) is 47.9 Å². The van der Waals surface area contributed by atoms with Gasteiger partial charge in [-0.05, 0) is 50.7 Å². The Hall–Kier alpha value is -2.95. The third kappa shape index (κ3) is 4.59. The molecule has 2 fully saturated rings. The summed E-state index contributed by atoms with van der Waals surface area (Å²) in [5, 5.41) is 21.8. The van der Waals surface area contributed by atoms with E-state index in [1.54, 1.807) is 0 Å². The number of alkyl halides is 3. The smallest absolute Gasteiger partial charge is 0.423 e. The van der Waals surface area contributed by atoms with Crippen molar-refractivity contribution < 1.29 is 23.0 Å². The first kappa shape index (κ1) is 21.9. The number of hydrogen-bond acceptors (Lipinski definition) is 7. The summed E-state index contributed by atoms with van der Waals surface area (Å²) in [7, 11) is 0. The average Bonchev–Trinajstić information content (AvgIpc) is 3.39. The first-order chi connectivity index (χ1) is 15.9. The van der Waals surface area contributed by atoms with E-state index in [4.69, 9.17) is 4.74 Å². The topological polar surface area (TPSA) is 97.5 Å². The van der Waals surface area contributed by atoms with Crippen LogP contribution in [0, 0.1) is 0 Å². The number of hydrogen-bond donors (Lipinski definition) is 2. The third-order valence-corrected chi connectivity index (χ3v) is 6.45. The van der Waals surface area contributed by atoms with Gasteiger partial charge in [-0.3, -0.25) is 4.40 Å². The van der Waals surface area contributed by atoms with Crippen LogP contribution in [0.3, 0.4) is 0 Å². The highest BCUT2D eigenvalue weighted by molar-refractivity contribution is 5.38. The zero-order valence-electron chi connectivity index (χ0n) is 17.9. The fourth-order valence-electron chi connectivity index (χ4n) is 4.78. The highest BCUT2D eigenvalue weighted by Gasteiger charge is 2.38. The first-order valence-electron chi connectivity index (χ1n) is 11.2. The van der Waals surface area contributed by atoms with Crippen LogP contribution in [0.4, 0.5) is 19.1 Å². The Bertz CT molecular complexity index is 1120. The van der Waals surface area contributed by atoms with Crippen molar-refractivity contribution in [1.29, 1.82) is 0 Å². The maximum absolute atomic E-state index is 13.5. The second-order valence-electron chi connectivity index (χ2n) is 8.76. The number of rotatable bonds is 5. The summed E-state index contributed by atoms with van der Waals surface area (Å²) < 4.78 is 48.0. The minimum Gasteiger partial charge on any atom is -0.471 e. The number of aromatic nitrogens is 5. The molecule has 4 atom stereocenters. The quantitative estimate of drug-likeness (QED) is 0.592. The zero-order valence-corrected chi connectivity index (χ0v) is 17.9. The van der Waals surface area contributed by atoms with Crippen molar-refractivity contribution >= 4 is 11.6 Å². The zero-order chi connectivity index (χ0) is 23.0. The van der Waals surface area contributed by atoms with Gasteiger partial charge in [-0.2, -0.15) is 18.2 Å². The fourth-order valence-corrected chi connectivity index (χ4v) is 4.78. The Labute approximate surface area is 188 Å². The van der Waals surface area contributed by atoms with Crippen molar-refractivity contribution in [2.45, 2.75) is 75.3 Å². The molecule has 0 aromatic carbocycles. The van der Waals surface area contributed by atoms with E-state index < -0.39 is 29.8 Å². The van der Waals surface area contributed by atoms with Crippen molar-refractivity contribution in [2.24, 2.45) is 0 Å². The van der Waals surface area contributed by atoms with Gasteiger partial charge in [0.1, 0.15) is 17.5 Å². The van der Waals surface area contributed by atoms with Gasteiger partial charge < -0.3 is 15.2 Å².